The Bertz CT molecular complexity index is 1300. The maximum atomic E-state index is 12.4. The first-order valence-electron chi connectivity index (χ1n) is 13.5. The molecule has 0 unspecified atom stereocenters. The number of piperidine rings is 1. The number of benzene rings is 2. The van der Waals surface area contributed by atoms with Gasteiger partial charge in [0.1, 0.15) is 24.3 Å². The number of aliphatic hydroxyl groups excluding tert-OH is 1. The highest BCUT2D eigenvalue weighted by Crippen LogP contribution is 2.27. The highest BCUT2D eigenvalue weighted by atomic mass is 35.5. The molecule has 0 aliphatic carbocycles. The molecule has 4 rings (SSSR count). The summed E-state index contributed by atoms with van der Waals surface area (Å²) in [6, 6.07) is 13.7. The normalized spacial score (nSPS) is 15.2. The molecular formula is C28H33ClF3N5O5. The lowest BCUT2D eigenvalue weighted by molar-refractivity contribution is -0.389. The number of hydrogen-bond donors (Lipinski definition) is 1. The molecule has 1 aliphatic heterocycles. The van der Waals surface area contributed by atoms with Crippen LogP contribution in [0.4, 0.5) is 24.7 Å². The molecule has 42 heavy (non-hydrogen) atoms. The van der Waals surface area contributed by atoms with E-state index in [1.54, 1.807) is 12.1 Å². The Morgan fingerprint density at radius 1 is 1.14 bits per heavy atom. The molecule has 14 heteroatoms. The number of aliphatic hydroxyl groups is 1. The van der Waals surface area contributed by atoms with Crippen LogP contribution < -0.4 is 14.4 Å². The minimum atomic E-state index is -4.69. The van der Waals surface area contributed by atoms with E-state index in [0.29, 0.717) is 24.6 Å². The lowest BCUT2D eigenvalue weighted by atomic mass is 9.95. The Hall–Kier alpha value is -3.55. The fraction of sp³-hybridized carbons (Fsp3) is 0.464. The molecule has 0 bridgehead atoms. The maximum absolute atomic E-state index is 12.4. The van der Waals surface area contributed by atoms with E-state index in [9.17, 15) is 28.4 Å². The highest BCUT2D eigenvalue weighted by molar-refractivity contribution is 6.28. The monoisotopic (exact) mass is 611 g/mol. The zero-order chi connectivity index (χ0) is 30.3. The average molecular weight is 612 g/mol. The van der Waals surface area contributed by atoms with Gasteiger partial charge in [-0.25, -0.2) is 0 Å². The summed E-state index contributed by atoms with van der Waals surface area (Å²) in [5, 5.41) is 21.1. The number of aryl methyl sites for hydroxylation is 1. The molecular weight excluding hydrogens is 579 g/mol. The van der Waals surface area contributed by atoms with Gasteiger partial charge in [0.25, 0.3) is 0 Å². The van der Waals surface area contributed by atoms with E-state index < -0.39 is 17.4 Å². The molecule has 1 saturated heterocycles. The first-order valence-corrected chi connectivity index (χ1v) is 13.9. The molecule has 0 saturated carbocycles. The molecule has 0 amide bonds. The quantitative estimate of drug-likeness (QED) is 0.199. The molecule has 1 atom stereocenters. The average Bonchev–Trinajstić information content (AvgIpc) is 3.32. The summed E-state index contributed by atoms with van der Waals surface area (Å²) < 4.78 is 48.1. The summed E-state index contributed by atoms with van der Waals surface area (Å²) in [4.78, 5) is 18.3. The van der Waals surface area contributed by atoms with Gasteiger partial charge in [-0.2, -0.15) is 0 Å². The Kier molecular flexibility index (Phi) is 10.5. The Morgan fingerprint density at radius 3 is 2.38 bits per heavy atom. The van der Waals surface area contributed by atoms with Crippen molar-refractivity contribution in [1.29, 1.82) is 0 Å². The van der Waals surface area contributed by atoms with Crippen molar-refractivity contribution in [3.8, 4) is 11.5 Å². The van der Waals surface area contributed by atoms with Crippen molar-refractivity contribution in [2.75, 3.05) is 38.2 Å². The highest BCUT2D eigenvalue weighted by Gasteiger charge is 2.31. The van der Waals surface area contributed by atoms with Crippen LogP contribution in [0.2, 0.25) is 5.28 Å². The van der Waals surface area contributed by atoms with Crippen LogP contribution in [0.15, 0.2) is 54.7 Å². The van der Waals surface area contributed by atoms with E-state index in [4.69, 9.17) is 16.3 Å². The van der Waals surface area contributed by atoms with Crippen molar-refractivity contribution in [1.82, 2.24) is 14.5 Å². The summed E-state index contributed by atoms with van der Waals surface area (Å²) in [6.07, 6.45) is -1.91. The fourth-order valence-electron chi connectivity index (χ4n) is 4.93. The smallest absolute Gasteiger partial charge is 0.491 e. The molecule has 1 aromatic heterocycles. The number of halogens is 4. The molecule has 1 aliphatic rings. The van der Waals surface area contributed by atoms with Crippen LogP contribution in [0, 0.1) is 16.0 Å². The second-order valence-corrected chi connectivity index (χ2v) is 10.7. The molecule has 2 heterocycles. The van der Waals surface area contributed by atoms with E-state index in [1.165, 1.54) is 22.9 Å². The summed E-state index contributed by atoms with van der Waals surface area (Å²) in [5.41, 5.74) is 2.01. The number of alkyl halides is 3. The Morgan fingerprint density at radius 2 is 1.79 bits per heavy atom. The van der Waals surface area contributed by atoms with Gasteiger partial charge < -0.3 is 34.5 Å². The van der Waals surface area contributed by atoms with E-state index in [-0.39, 0.29) is 30.0 Å². The summed E-state index contributed by atoms with van der Waals surface area (Å²) in [6.45, 7) is 3.70. The number of aromatic nitrogens is 2. The number of nitro groups is 1. The summed E-state index contributed by atoms with van der Waals surface area (Å²) in [7, 11) is 2.01. The van der Waals surface area contributed by atoms with Crippen molar-refractivity contribution in [3.05, 3.63) is 75.7 Å². The van der Waals surface area contributed by atoms with Gasteiger partial charge in [0, 0.05) is 38.4 Å². The third-order valence-corrected chi connectivity index (χ3v) is 7.35. The first-order chi connectivity index (χ1) is 19.9. The van der Waals surface area contributed by atoms with Crippen molar-refractivity contribution in [3.63, 3.8) is 0 Å². The van der Waals surface area contributed by atoms with E-state index in [0.717, 1.165) is 43.7 Å². The SMILES string of the molecule is CN(Cc1ccc(OC(F)(F)F)cc1)CC1CCN(c2ccc(OC[C@H](O)CCn3cc([N+](=O)[O-])nc3Cl)cc2)CC1. The third-order valence-electron chi connectivity index (χ3n) is 7.04. The molecule has 228 valence electrons. The number of rotatable bonds is 13. The molecule has 2 aromatic carbocycles. The Balaban J connectivity index is 1.15. The molecule has 0 radical (unpaired) electrons. The van der Waals surface area contributed by atoms with Crippen LogP contribution in [0.3, 0.4) is 0 Å². The predicted octanol–water partition coefficient (Wildman–Crippen LogP) is 5.52. The lowest BCUT2D eigenvalue weighted by Gasteiger charge is -2.35. The van der Waals surface area contributed by atoms with Gasteiger partial charge in [-0.15, -0.1) is 13.2 Å². The van der Waals surface area contributed by atoms with Gasteiger partial charge in [-0.05, 0) is 95.7 Å². The second kappa shape index (κ2) is 14.1. The van der Waals surface area contributed by atoms with Gasteiger partial charge in [0.15, 0.2) is 0 Å². The first kappa shape index (κ1) is 31.4. The summed E-state index contributed by atoms with van der Waals surface area (Å²) >= 11 is 5.90. The third kappa shape index (κ3) is 9.50. The van der Waals surface area contributed by atoms with E-state index in [1.807, 2.05) is 31.3 Å². The van der Waals surface area contributed by atoms with Gasteiger partial charge in [-0.1, -0.05) is 12.1 Å². The Labute approximate surface area is 246 Å². The van der Waals surface area contributed by atoms with Crippen LogP contribution in [-0.2, 0) is 13.1 Å². The standard InChI is InChI=1S/C28H33ClF3N5O5/c1-34(16-20-2-6-25(7-3-20)42-28(30,31)32)17-21-10-13-35(14-11-21)22-4-8-24(9-5-22)41-19-23(38)12-15-36-18-26(37(39)40)33-27(36)29/h2-9,18,21,23,38H,10-17,19H2,1H3/t23-/m1/s1. The van der Waals surface area contributed by atoms with Gasteiger partial charge in [-0.3, -0.25) is 4.57 Å². The zero-order valence-electron chi connectivity index (χ0n) is 23.0. The fourth-order valence-corrected chi connectivity index (χ4v) is 5.15. The topological polar surface area (TPSA) is 106 Å². The van der Waals surface area contributed by atoms with Crippen LogP contribution in [0.25, 0.3) is 0 Å². The van der Waals surface area contributed by atoms with Gasteiger partial charge in [0.2, 0.25) is 0 Å². The van der Waals surface area contributed by atoms with E-state index >= 15 is 0 Å². The predicted molar refractivity (Wildman–Crippen MR) is 151 cm³/mol. The minimum Gasteiger partial charge on any atom is -0.491 e. The number of hydrogen-bond acceptors (Lipinski definition) is 8. The molecule has 3 aromatic rings. The zero-order valence-corrected chi connectivity index (χ0v) is 23.8. The van der Waals surface area contributed by atoms with Crippen LogP contribution in [0.1, 0.15) is 24.8 Å². The summed E-state index contributed by atoms with van der Waals surface area (Å²) in [5.74, 6) is 0.589. The number of nitrogens with zero attached hydrogens (tertiary/aromatic N) is 5. The van der Waals surface area contributed by atoms with Gasteiger partial charge >= 0.3 is 17.5 Å². The van der Waals surface area contributed by atoms with Crippen molar-refractivity contribution >= 4 is 23.1 Å². The molecule has 1 N–H and O–H groups in total. The number of anilines is 1. The second-order valence-electron chi connectivity index (χ2n) is 10.4. The number of imidazole rings is 1. The number of ether oxygens (including phenoxy) is 2. The van der Waals surface area contributed by atoms with Crippen molar-refractivity contribution in [2.24, 2.45) is 5.92 Å². The largest absolute Gasteiger partial charge is 0.573 e. The lowest BCUT2D eigenvalue weighted by Crippen LogP contribution is -2.37. The van der Waals surface area contributed by atoms with Gasteiger partial charge in [0.05, 0.1) is 6.10 Å². The van der Waals surface area contributed by atoms with Crippen molar-refractivity contribution in [2.45, 2.75) is 44.8 Å². The van der Waals surface area contributed by atoms with Crippen LogP contribution in [0.5, 0.6) is 11.5 Å². The maximum Gasteiger partial charge on any atom is 0.573 e. The van der Waals surface area contributed by atoms with Crippen LogP contribution >= 0.6 is 11.6 Å². The van der Waals surface area contributed by atoms with Crippen molar-refractivity contribution < 1.29 is 32.7 Å². The van der Waals surface area contributed by atoms with Crippen LogP contribution in [-0.4, -0.2) is 70.2 Å². The minimum absolute atomic E-state index is 0.00593. The molecule has 0 spiro atoms. The molecule has 1 fully saturated rings. The molecule has 10 nitrogen and oxygen atoms in total. The van der Waals surface area contributed by atoms with E-state index in [2.05, 4.69) is 19.5 Å².